The van der Waals surface area contributed by atoms with Gasteiger partial charge in [-0.05, 0) is 29.3 Å². The van der Waals surface area contributed by atoms with E-state index in [0.29, 0.717) is 0 Å². The van der Waals surface area contributed by atoms with Crippen molar-refractivity contribution in [3.63, 3.8) is 0 Å². The highest BCUT2D eigenvalue weighted by atomic mass is 79.9. The maximum absolute atomic E-state index is 4.40. The van der Waals surface area contributed by atoms with Crippen molar-refractivity contribution in [1.29, 1.82) is 0 Å². The van der Waals surface area contributed by atoms with Gasteiger partial charge in [-0.3, -0.25) is 4.57 Å². The molecule has 2 rings (SSSR count). The van der Waals surface area contributed by atoms with Gasteiger partial charge >= 0.3 is 0 Å². The van der Waals surface area contributed by atoms with Crippen LogP contribution in [0.25, 0.3) is 5.82 Å². The summed E-state index contributed by atoms with van der Waals surface area (Å²) in [5.41, 5.74) is 0. The van der Waals surface area contributed by atoms with Crippen molar-refractivity contribution in [3.8, 4) is 5.82 Å². The lowest BCUT2D eigenvalue weighted by molar-refractivity contribution is 0.791. The average Bonchev–Trinajstić information content (AvgIpc) is 2.65. The Labute approximate surface area is 103 Å². The summed E-state index contributed by atoms with van der Waals surface area (Å²) < 4.78 is 2.80. The molecule has 84 valence electrons. The van der Waals surface area contributed by atoms with E-state index in [1.165, 1.54) is 0 Å². The number of nitrogens with zero attached hydrogens (tertiary/aromatic N) is 4. The summed E-state index contributed by atoms with van der Waals surface area (Å²) in [6.45, 7) is 4.02. The summed E-state index contributed by atoms with van der Waals surface area (Å²) in [6.07, 6.45) is 5.76. The Bertz CT molecular complexity index is 472. The number of aryl methyl sites for hydroxylation is 2. The third kappa shape index (κ3) is 2.29. The van der Waals surface area contributed by atoms with Crippen LogP contribution in [0.1, 0.15) is 25.0 Å². The normalized spacial score (nSPS) is 10.7. The molecule has 2 heterocycles. The molecule has 0 unspecified atom stereocenters. The fourth-order valence-electron chi connectivity index (χ4n) is 1.59. The second kappa shape index (κ2) is 4.74. The summed E-state index contributed by atoms with van der Waals surface area (Å²) in [5.74, 6) is 2.65. The topological polar surface area (TPSA) is 43.6 Å². The molecule has 0 bridgehead atoms. The molecule has 5 heteroatoms. The van der Waals surface area contributed by atoms with E-state index in [4.69, 9.17) is 0 Å². The van der Waals surface area contributed by atoms with Gasteiger partial charge in [0.05, 0.1) is 0 Å². The fourth-order valence-corrected chi connectivity index (χ4v) is 2.05. The van der Waals surface area contributed by atoms with Crippen LogP contribution in [0.4, 0.5) is 0 Å². The Morgan fingerprint density at radius 1 is 1.38 bits per heavy atom. The quantitative estimate of drug-likeness (QED) is 0.812. The van der Waals surface area contributed by atoms with Crippen LogP contribution in [0.5, 0.6) is 0 Å². The molecule has 0 aliphatic heterocycles. The summed E-state index contributed by atoms with van der Waals surface area (Å²) in [6, 6.07) is 1.90. The lowest BCUT2D eigenvalue weighted by Gasteiger charge is -2.07. The van der Waals surface area contributed by atoms with Crippen molar-refractivity contribution in [2.45, 2.75) is 26.7 Å². The molecule has 4 nitrogen and oxygen atoms in total. The van der Waals surface area contributed by atoms with Crippen LogP contribution in [0, 0.1) is 6.92 Å². The molecule has 0 N–H and O–H groups in total. The van der Waals surface area contributed by atoms with Gasteiger partial charge in [0.2, 0.25) is 0 Å². The zero-order valence-corrected chi connectivity index (χ0v) is 10.9. The van der Waals surface area contributed by atoms with Crippen molar-refractivity contribution in [3.05, 3.63) is 34.7 Å². The highest BCUT2D eigenvalue weighted by molar-refractivity contribution is 9.10. The first kappa shape index (κ1) is 11.3. The van der Waals surface area contributed by atoms with E-state index in [1.807, 2.05) is 23.8 Å². The van der Waals surface area contributed by atoms with Crippen LogP contribution in [0.3, 0.4) is 0 Å². The molecule has 0 amide bonds. The maximum Gasteiger partial charge on any atom is 0.142 e. The van der Waals surface area contributed by atoms with Gasteiger partial charge in [-0.1, -0.05) is 6.92 Å². The lowest BCUT2D eigenvalue weighted by Crippen LogP contribution is -2.04. The van der Waals surface area contributed by atoms with E-state index in [0.717, 1.165) is 34.9 Å². The SMILES string of the molecule is CCCc1nccn1-c1cc(Br)nc(C)n1. The third-order valence-corrected chi connectivity index (χ3v) is 2.64. The molecule has 0 aliphatic carbocycles. The second-order valence-corrected chi connectivity index (χ2v) is 4.37. The van der Waals surface area contributed by atoms with Gasteiger partial charge in [0.25, 0.3) is 0 Å². The Hall–Kier alpha value is -1.23. The standard InChI is InChI=1S/C11H13BrN4/c1-3-4-10-13-5-6-16(10)11-7-9(12)14-8(2)15-11/h5-7H,3-4H2,1-2H3. The molecular weight excluding hydrogens is 268 g/mol. The minimum absolute atomic E-state index is 0.750. The van der Waals surface area contributed by atoms with Crippen molar-refractivity contribution in [2.24, 2.45) is 0 Å². The predicted molar refractivity (Wildman–Crippen MR) is 65.6 cm³/mol. The van der Waals surface area contributed by atoms with Crippen LogP contribution in [0.15, 0.2) is 23.1 Å². The molecule has 0 aromatic carbocycles. The number of hydrogen-bond acceptors (Lipinski definition) is 3. The van der Waals surface area contributed by atoms with E-state index in [2.05, 4.69) is 37.8 Å². The molecule has 0 radical (unpaired) electrons. The Balaban J connectivity index is 2.45. The van der Waals surface area contributed by atoms with Gasteiger partial charge in [0.15, 0.2) is 0 Å². The highest BCUT2D eigenvalue weighted by Crippen LogP contribution is 2.14. The van der Waals surface area contributed by atoms with Crippen LogP contribution in [0.2, 0.25) is 0 Å². The number of aromatic nitrogens is 4. The van der Waals surface area contributed by atoms with E-state index in [1.54, 1.807) is 6.20 Å². The van der Waals surface area contributed by atoms with Crippen molar-refractivity contribution in [1.82, 2.24) is 19.5 Å². The minimum Gasteiger partial charge on any atom is -0.288 e. The van der Waals surface area contributed by atoms with E-state index in [-0.39, 0.29) is 0 Å². The lowest BCUT2D eigenvalue weighted by atomic mass is 10.3. The molecule has 0 saturated heterocycles. The summed E-state index contributed by atoms with van der Waals surface area (Å²) in [7, 11) is 0. The Morgan fingerprint density at radius 3 is 2.88 bits per heavy atom. The third-order valence-electron chi connectivity index (χ3n) is 2.23. The Kier molecular flexibility index (Phi) is 3.33. The molecular formula is C11H13BrN4. The number of halogens is 1. The first-order valence-electron chi connectivity index (χ1n) is 5.24. The van der Waals surface area contributed by atoms with E-state index in [9.17, 15) is 0 Å². The van der Waals surface area contributed by atoms with Crippen molar-refractivity contribution < 1.29 is 0 Å². The molecule has 0 spiro atoms. The monoisotopic (exact) mass is 280 g/mol. The summed E-state index contributed by atoms with van der Waals surface area (Å²) in [4.78, 5) is 12.9. The van der Waals surface area contributed by atoms with E-state index >= 15 is 0 Å². The van der Waals surface area contributed by atoms with Crippen molar-refractivity contribution in [2.75, 3.05) is 0 Å². The number of imidazole rings is 1. The van der Waals surface area contributed by atoms with Gasteiger partial charge in [-0.15, -0.1) is 0 Å². The first-order valence-corrected chi connectivity index (χ1v) is 6.03. The van der Waals surface area contributed by atoms with Gasteiger partial charge in [0.1, 0.15) is 22.1 Å². The van der Waals surface area contributed by atoms with Crippen LogP contribution in [-0.2, 0) is 6.42 Å². The second-order valence-electron chi connectivity index (χ2n) is 3.56. The van der Waals surface area contributed by atoms with E-state index < -0.39 is 0 Å². The molecule has 2 aromatic rings. The predicted octanol–water partition coefficient (Wildman–Crippen LogP) is 2.69. The average molecular weight is 281 g/mol. The van der Waals surface area contributed by atoms with Crippen LogP contribution in [-0.4, -0.2) is 19.5 Å². The van der Waals surface area contributed by atoms with Crippen LogP contribution < -0.4 is 0 Å². The van der Waals surface area contributed by atoms with Gasteiger partial charge in [-0.25, -0.2) is 15.0 Å². The highest BCUT2D eigenvalue weighted by Gasteiger charge is 2.06. The van der Waals surface area contributed by atoms with Crippen LogP contribution >= 0.6 is 15.9 Å². The van der Waals surface area contributed by atoms with Gasteiger partial charge in [0, 0.05) is 24.9 Å². The smallest absolute Gasteiger partial charge is 0.142 e. The molecule has 0 atom stereocenters. The zero-order valence-electron chi connectivity index (χ0n) is 9.31. The zero-order chi connectivity index (χ0) is 11.5. The fraction of sp³-hybridized carbons (Fsp3) is 0.364. The maximum atomic E-state index is 4.40. The Morgan fingerprint density at radius 2 is 2.19 bits per heavy atom. The van der Waals surface area contributed by atoms with Crippen molar-refractivity contribution >= 4 is 15.9 Å². The summed E-state index contributed by atoms with van der Waals surface area (Å²) in [5, 5.41) is 0. The molecule has 2 aromatic heterocycles. The summed E-state index contributed by atoms with van der Waals surface area (Å²) >= 11 is 3.38. The van der Waals surface area contributed by atoms with Gasteiger partial charge in [-0.2, -0.15) is 0 Å². The molecule has 0 aliphatic rings. The van der Waals surface area contributed by atoms with Gasteiger partial charge < -0.3 is 0 Å². The molecule has 16 heavy (non-hydrogen) atoms. The molecule has 0 saturated carbocycles. The number of hydrogen-bond donors (Lipinski definition) is 0. The molecule has 0 fully saturated rings. The largest absolute Gasteiger partial charge is 0.288 e. The first-order chi connectivity index (χ1) is 7.70. The minimum atomic E-state index is 0.750. The number of rotatable bonds is 3.